The standard InChI is InChI=1S/C56H76N14O11S2/c1-56(2)46(70-48(75)38(58)26-33-18-21-37(72)22-19-33)54(81)68-41(28-34-17-20-35-13-6-7-14-36(35)25-34)49(76)63-29-45(73)64-43(30-71)52(79)67-42(27-32-11-4-3-5-12-32)51(78)69-44(31-82-83-56)53(80)66-40(15-8-9-23-57)50(77)65-39(47(59)74)16-10-24-62-55(60)61/h3-7,11-14,17-22,25,38-44,46,71-72H,8-10,15-16,23-24,26-31,57-58H2,1-2H3,(H2,59,74)(H,63,76)(H,64,73)(H,65,77)(H,66,80)(H,67,79)(H,68,81)(H,69,78)(H,70,75)(H4,60,61,62)/t38-,39-,40-,41+,42-,43-,44?,46-/m0/s1. The van der Waals surface area contributed by atoms with Crippen molar-refractivity contribution in [3.63, 3.8) is 0 Å². The maximum Gasteiger partial charge on any atom is 0.245 e. The average molecular weight is 1190 g/mol. The topological polar surface area (TPSA) is 433 Å². The van der Waals surface area contributed by atoms with Crippen molar-refractivity contribution >= 4 is 91.5 Å². The third-order valence-corrected chi connectivity index (χ3v) is 16.7. The highest BCUT2D eigenvalue weighted by atomic mass is 33.1. The van der Waals surface area contributed by atoms with E-state index in [2.05, 4.69) is 47.5 Å². The van der Waals surface area contributed by atoms with E-state index in [4.69, 9.17) is 28.7 Å². The van der Waals surface area contributed by atoms with Crippen LogP contribution in [-0.2, 0) is 62.4 Å². The Morgan fingerprint density at radius 1 is 0.699 bits per heavy atom. The summed E-state index contributed by atoms with van der Waals surface area (Å²) in [7, 11) is 2.02. The lowest BCUT2D eigenvalue weighted by molar-refractivity contribution is -0.135. The van der Waals surface area contributed by atoms with Gasteiger partial charge in [0.05, 0.1) is 19.2 Å². The van der Waals surface area contributed by atoms with Gasteiger partial charge in [-0.2, -0.15) is 0 Å². The van der Waals surface area contributed by atoms with E-state index in [1.54, 1.807) is 62.4 Å². The summed E-state index contributed by atoms with van der Waals surface area (Å²) in [5, 5.41) is 43.1. The van der Waals surface area contributed by atoms with Crippen LogP contribution < -0.4 is 71.2 Å². The molecule has 4 aromatic rings. The summed E-state index contributed by atoms with van der Waals surface area (Å²) in [6.45, 7) is 1.93. The van der Waals surface area contributed by atoms with Gasteiger partial charge in [-0.3, -0.25) is 48.1 Å². The van der Waals surface area contributed by atoms with E-state index in [0.717, 1.165) is 32.4 Å². The number of hydrogen-bond donors (Lipinski definition) is 15. The van der Waals surface area contributed by atoms with Gasteiger partial charge in [-0.25, -0.2) is 0 Å². The molecule has 0 bridgehead atoms. The number of aliphatic hydroxyl groups excluding tert-OH is 1. The number of nitrogens with one attached hydrogen (secondary N) is 8. The molecule has 5 rings (SSSR count). The number of primary amides is 1. The smallest absolute Gasteiger partial charge is 0.245 e. The number of phenolic OH excluding ortho intramolecular Hbond substituents is 1. The van der Waals surface area contributed by atoms with Crippen molar-refractivity contribution in [3.05, 3.63) is 114 Å². The SMILES string of the molecule is CC1(C)SSCC(C(=O)N[C@@H](CCCCN)C(=O)N[C@@H](CCCN=C(N)N)C(N)=O)NC(=O)[C@H](Cc2ccccc2)NC(=O)[C@H](CO)NC(=O)CNC(=O)[C@@H](Cc2ccc3ccccc3c2)NC(=O)[C@@H]1NC(=O)[C@@H](N)Cc1ccc(O)cc1. The summed E-state index contributed by atoms with van der Waals surface area (Å²) in [5.74, 6) is -8.29. The van der Waals surface area contributed by atoms with Crippen molar-refractivity contribution in [1.29, 1.82) is 0 Å². The molecule has 9 amide bonds. The number of fused-ring (bicyclic) bond motifs is 1. The normalized spacial score (nSPS) is 20.3. The van der Waals surface area contributed by atoms with Crippen molar-refractivity contribution in [3.8, 4) is 5.75 Å². The maximum absolute atomic E-state index is 15.0. The highest BCUT2D eigenvalue weighted by Crippen LogP contribution is 2.39. The number of phenols is 1. The molecule has 1 fully saturated rings. The molecule has 1 unspecified atom stereocenters. The van der Waals surface area contributed by atoms with Crippen LogP contribution in [-0.4, -0.2) is 154 Å². The van der Waals surface area contributed by atoms with E-state index >= 15 is 0 Å². The van der Waals surface area contributed by atoms with Crippen molar-refractivity contribution in [2.24, 2.45) is 33.7 Å². The van der Waals surface area contributed by atoms with Gasteiger partial charge in [-0.15, -0.1) is 0 Å². The number of carbonyl (C=O) groups excluding carboxylic acids is 9. The first-order valence-electron chi connectivity index (χ1n) is 27.0. The van der Waals surface area contributed by atoms with Crippen LogP contribution in [0.4, 0.5) is 0 Å². The molecule has 1 heterocycles. The van der Waals surface area contributed by atoms with Gasteiger partial charge < -0.3 is 81.4 Å². The third kappa shape index (κ3) is 21.4. The number of aliphatic hydroxyl groups is 1. The van der Waals surface area contributed by atoms with Gasteiger partial charge >= 0.3 is 0 Å². The number of guanidine groups is 1. The average Bonchev–Trinajstić information content (AvgIpc) is 3.66. The van der Waals surface area contributed by atoms with Gasteiger partial charge in [0.15, 0.2) is 5.96 Å². The highest BCUT2D eigenvalue weighted by Gasteiger charge is 2.41. The van der Waals surface area contributed by atoms with Crippen LogP contribution in [0, 0.1) is 0 Å². The predicted molar refractivity (Wildman–Crippen MR) is 317 cm³/mol. The Hall–Kier alpha value is -7.98. The Bertz CT molecular complexity index is 2920. The maximum atomic E-state index is 15.0. The Morgan fingerprint density at radius 2 is 1.33 bits per heavy atom. The quantitative estimate of drug-likeness (QED) is 0.0179. The van der Waals surface area contributed by atoms with E-state index in [1.165, 1.54) is 12.1 Å². The van der Waals surface area contributed by atoms with Crippen LogP contribution in [0.3, 0.4) is 0 Å². The lowest BCUT2D eigenvalue weighted by Crippen LogP contribution is -2.62. The molecule has 0 spiro atoms. The summed E-state index contributed by atoms with van der Waals surface area (Å²) in [6.07, 6.45) is 0.821. The van der Waals surface area contributed by atoms with Crippen LogP contribution in [0.25, 0.3) is 10.8 Å². The minimum absolute atomic E-state index is 0.00651. The highest BCUT2D eigenvalue weighted by molar-refractivity contribution is 8.77. The zero-order valence-electron chi connectivity index (χ0n) is 46.3. The third-order valence-electron chi connectivity index (χ3n) is 13.4. The number of nitrogens with zero attached hydrogens (tertiary/aromatic N) is 1. The zero-order valence-corrected chi connectivity index (χ0v) is 47.9. The zero-order chi connectivity index (χ0) is 60.6. The summed E-state index contributed by atoms with van der Waals surface area (Å²) in [4.78, 5) is 131. The van der Waals surface area contributed by atoms with Crippen LogP contribution in [0.2, 0.25) is 0 Å². The van der Waals surface area contributed by atoms with E-state index in [1.807, 2.05) is 36.4 Å². The fourth-order valence-electron chi connectivity index (χ4n) is 8.76. The van der Waals surface area contributed by atoms with Crippen LogP contribution in [0.15, 0.2) is 102 Å². The predicted octanol–water partition coefficient (Wildman–Crippen LogP) is -1.76. The Balaban J connectivity index is 1.56. The molecule has 1 aliphatic heterocycles. The molecule has 83 heavy (non-hydrogen) atoms. The van der Waals surface area contributed by atoms with Gasteiger partial charge in [0, 0.05) is 29.9 Å². The Labute approximate surface area is 488 Å². The fraction of sp³-hybridized carbons (Fsp3) is 0.429. The molecule has 4 aromatic carbocycles. The molecule has 20 N–H and O–H groups in total. The van der Waals surface area contributed by atoms with E-state index in [9.17, 15) is 53.4 Å². The monoisotopic (exact) mass is 1180 g/mol. The van der Waals surface area contributed by atoms with Crippen LogP contribution >= 0.6 is 21.6 Å². The number of hydrogen-bond acceptors (Lipinski definition) is 16. The van der Waals surface area contributed by atoms with Gasteiger partial charge in [-0.1, -0.05) is 107 Å². The first-order valence-corrected chi connectivity index (χ1v) is 29.3. The van der Waals surface area contributed by atoms with Crippen molar-refractivity contribution in [1.82, 2.24) is 42.5 Å². The molecule has 448 valence electrons. The van der Waals surface area contributed by atoms with Crippen molar-refractivity contribution < 1.29 is 53.4 Å². The van der Waals surface area contributed by atoms with Crippen molar-refractivity contribution in [2.75, 3.05) is 32.0 Å². The number of unbranched alkanes of at least 4 members (excludes halogenated alkanes) is 1. The lowest BCUT2D eigenvalue weighted by Gasteiger charge is -2.35. The number of rotatable bonds is 22. The second-order valence-electron chi connectivity index (χ2n) is 20.4. The minimum Gasteiger partial charge on any atom is -0.508 e. The van der Waals surface area contributed by atoms with Gasteiger partial charge in [0.1, 0.15) is 48.0 Å². The summed E-state index contributed by atoms with van der Waals surface area (Å²) in [6, 6.07) is 16.2. The minimum atomic E-state index is -1.66. The number of nitrogens with two attached hydrogens (primary N) is 5. The van der Waals surface area contributed by atoms with E-state index < -0.39 is 119 Å². The number of aromatic hydroxyl groups is 1. The van der Waals surface area contributed by atoms with Crippen molar-refractivity contribution in [2.45, 2.75) is 118 Å². The van der Waals surface area contributed by atoms with Crippen LogP contribution in [0.5, 0.6) is 5.75 Å². The molecule has 1 aliphatic rings. The molecule has 0 saturated carbocycles. The molecule has 27 heteroatoms. The summed E-state index contributed by atoms with van der Waals surface area (Å²) in [5.41, 5.74) is 30.6. The Morgan fingerprint density at radius 3 is 2.00 bits per heavy atom. The van der Waals surface area contributed by atoms with Gasteiger partial charge in [0.25, 0.3) is 0 Å². The summed E-state index contributed by atoms with van der Waals surface area (Å²) < 4.78 is -1.36. The molecular weight excluding hydrogens is 1110 g/mol. The molecular formula is C56H76N14O11S2. The molecule has 0 aliphatic carbocycles. The number of aliphatic imine (C=N–C) groups is 1. The molecule has 8 atom stereocenters. The molecule has 1 saturated heterocycles. The second-order valence-corrected chi connectivity index (χ2v) is 23.4. The number of amides is 9. The van der Waals surface area contributed by atoms with Crippen LogP contribution in [0.1, 0.15) is 62.6 Å². The summed E-state index contributed by atoms with van der Waals surface area (Å²) >= 11 is 0. The van der Waals surface area contributed by atoms with E-state index in [-0.39, 0.29) is 69.1 Å². The largest absolute Gasteiger partial charge is 0.508 e. The van der Waals surface area contributed by atoms with E-state index in [0.29, 0.717) is 29.5 Å². The second kappa shape index (κ2) is 32.6. The molecule has 0 radical (unpaired) electrons. The molecule has 25 nitrogen and oxygen atoms in total. The first-order chi connectivity index (χ1) is 39.6. The number of carbonyl (C=O) groups is 9. The fourth-order valence-corrected chi connectivity index (χ4v) is 11.6. The first kappa shape index (κ1) is 65.8. The molecule has 0 aromatic heterocycles. The van der Waals surface area contributed by atoms with Gasteiger partial charge in [0.2, 0.25) is 53.2 Å². The van der Waals surface area contributed by atoms with Gasteiger partial charge in [-0.05, 0) is 98.5 Å². The number of benzene rings is 4. The lowest BCUT2D eigenvalue weighted by atomic mass is 9.98. The Kier molecular flexibility index (Phi) is 25.9.